The zero-order chi connectivity index (χ0) is 12.2. The molecule has 0 heterocycles. The van der Waals surface area contributed by atoms with E-state index in [0.29, 0.717) is 5.56 Å². The minimum Gasteiger partial charge on any atom is -0.462 e. The summed E-state index contributed by atoms with van der Waals surface area (Å²) in [4.78, 5) is 11.4. The summed E-state index contributed by atoms with van der Waals surface area (Å²) in [6, 6.07) is 5.52. The summed E-state index contributed by atoms with van der Waals surface area (Å²) in [6.45, 7) is 5.20. The Morgan fingerprint density at radius 3 is 2.38 bits per heavy atom. The molecule has 0 bridgehead atoms. The first-order valence-corrected chi connectivity index (χ1v) is 6.20. The van der Waals surface area contributed by atoms with Crippen LogP contribution in [0.5, 0.6) is 0 Å². The van der Waals surface area contributed by atoms with Gasteiger partial charge in [0.1, 0.15) is 0 Å². The van der Waals surface area contributed by atoms with Crippen molar-refractivity contribution < 1.29 is 17.9 Å². The first-order valence-electron chi connectivity index (χ1n) is 4.66. The number of benzene rings is 1. The molecule has 0 aliphatic heterocycles. The second-order valence-electron chi connectivity index (χ2n) is 2.96. The highest BCUT2D eigenvalue weighted by atomic mass is 32.2. The Kier molecular flexibility index (Phi) is 3.84. The number of hydrogen-bond acceptors (Lipinski definition) is 4. The van der Waals surface area contributed by atoms with Gasteiger partial charge in [0.25, 0.3) is 0 Å². The maximum Gasteiger partial charge on any atom is 0.338 e. The van der Waals surface area contributed by atoms with Gasteiger partial charge in [-0.15, -0.1) is 0 Å². The number of ether oxygens (including phenoxy) is 1. The number of rotatable bonds is 4. The van der Waals surface area contributed by atoms with Crippen LogP contribution in [0.15, 0.2) is 41.1 Å². The Morgan fingerprint density at radius 2 is 1.94 bits per heavy atom. The largest absolute Gasteiger partial charge is 0.462 e. The van der Waals surface area contributed by atoms with Crippen LogP contribution >= 0.6 is 0 Å². The zero-order valence-electron chi connectivity index (χ0n) is 8.84. The van der Waals surface area contributed by atoms with E-state index in [2.05, 4.69) is 6.58 Å². The van der Waals surface area contributed by atoms with E-state index in [9.17, 15) is 13.2 Å². The molecule has 5 heteroatoms. The summed E-state index contributed by atoms with van der Waals surface area (Å²) in [5.74, 6) is -0.468. The van der Waals surface area contributed by atoms with Crippen molar-refractivity contribution in [1.82, 2.24) is 0 Å². The first kappa shape index (κ1) is 12.4. The molecule has 1 aromatic rings. The van der Waals surface area contributed by atoms with Crippen molar-refractivity contribution in [3.05, 3.63) is 41.8 Å². The highest BCUT2D eigenvalue weighted by molar-refractivity contribution is 7.94. The lowest BCUT2D eigenvalue weighted by molar-refractivity contribution is 0.0526. The van der Waals surface area contributed by atoms with Gasteiger partial charge in [-0.05, 0) is 31.2 Å². The number of hydrogen-bond donors (Lipinski definition) is 0. The number of sulfone groups is 1. The molecule has 0 saturated carbocycles. The van der Waals surface area contributed by atoms with Gasteiger partial charge in [-0.1, -0.05) is 6.58 Å². The molecule has 0 aliphatic rings. The van der Waals surface area contributed by atoms with Crippen molar-refractivity contribution in [2.75, 3.05) is 6.61 Å². The van der Waals surface area contributed by atoms with Crippen LogP contribution in [0.2, 0.25) is 0 Å². The van der Waals surface area contributed by atoms with Crippen molar-refractivity contribution >= 4 is 15.8 Å². The topological polar surface area (TPSA) is 60.4 Å². The monoisotopic (exact) mass is 240 g/mol. The van der Waals surface area contributed by atoms with Gasteiger partial charge >= 0.3 is 5.97 Å². The van der Waals surface area contributed by atoms with Gasteiger partial charge in [0.15, 0.2) is 9.84 Å². The Bertz CT molecular complexity index is 485. The van der Waals surface area contributed by atoms with Crippen LogP contribution < -0.4 is 0 Å². The fourth-order valence-electron chi connectivity index (χ4n) is 1.09. The number of esters is 1. The molecular weight excluding hydrogens is 228 g/mol. The van der Waals surface area contributed by atoms with E-state index in [0.717, 1.165) is 5.41 Å². The molecule has 0 N–H and O–H groups in total. The molecule has 0 saturated heterocycles. The smallest absolute Gasteiger partial charge is 0.338 e. The molecule has 0 fully saturated rings. The van der Waals surface area contributed by atoms with E-state index in [1.165, 1.54) is 24.3 Å². The minimum atomic E-state index is -3.44. The van der Waals surface area contributed by atoms with Gasteiger partial charge in [0.2, 0.25) is 0 Å². The Hall–Kier alpha value is -1.62. The maximum absolute atomic E-state index is 11.4. The second-order valence-corrected chi connectivity index (χ2v) is 4.85. The summed E-state index contributed by atoms with van der Waals surface area (Å²) < 4.78 is 27.5. The van der Waals surface area contributed by atoms with Crippen molar-refractivity contribution in [3.63, 3.8) is 0 Å². The molecule has 86 valence electrons. The Morgan fingerprint density at radius 1 is 1.38 bits per heavy atom. The molecule has 0 aromatic heterocycles. The van der Waals surface area contributed by atoms with Crippen LogP contribution in [0, 0.1) is 0 Å². The molecular formula is C11H12O4S. The molecule has 0 amide bonds. The lowest BCUT2D eigenvalue weighted by Crippen LogP contribution is -2.05. The molecule has 0 atom stereocenters. The number of carbonyl (C=O) groups excluding carboxylic acids is 1. The van der Waals surface area contributed by atoms with E-state index in [-0.39, 0.29) is 11.5 Å². The minimum absolute atomic E-state index is 0.107. The van der Waals surface area contributed by atoms with Gasteiger partial charge in [-0.3, -0.25) is 0 Å². The maximum atomic E-state index is 11.4. The Balaban J connectivity index is 3.00. The molecule has 4 nitrogen and oxygen atoms in total. The first-order chi connectivity index (χ1) is 7.51. The van der Waals surface area contributed by atoms with Crippen LogP contribution in [0.3, 0.4) is 0 Å². The average molecular weight is 240 g/mol. The van der Waals surface area contributed by atoms with Crippen LogP contribution in [-0.4, -0.2) is 21.0 Å². The standard InChI is InChI=1S/C11H12O4S/c1-3-15-11(12)9-5-7-10(8-6-9)16(13,14)4-2/h4-8H,2-3H2,1H3. The van der Waals surface area contributed by atoms with Crippen LogP contribution in [0.1, 0.15) is 17.3 Å². The fraction of sp³-hybridized carbons (Fsp3) is 0.182. The third-order valence-electron chi connectivity index (χ3n) is 1.91. The molecule has 0 unspecified atom stereocenters. The van der Waals surface area contributed by atoms with E-state index in [4.69, 9.17) is 4.74 Å². The lowest BCUT2D eigenvalue weighted by atomic mass is 10.2. The molecule has 0 spiro atoms. The highest BCUT2D eigenvalue weighted by Gasteiger charge is 2.11. The van der Waals surface area contributed by atoms with E-state index in [1.807, 2.05) is 0 Å². The van der Waals surface area contributed by atoms with Crippen molar-refractivity contribution in [2.45, 2.75) is 11.8 Å². The molecule has 16 heavy (non-hydrogen) atoms. The van der Waals surface area contributed by atoms with Crippen molar-refractivity contribution in [3.8, 4) is 0 Å². The third-order valence-corrected chi connectivity index (χ3v) is 3.28. The van der Waals surface area contributed by atoms with Crippen molar-refractivity contribution in [1.29, 1.82) is 0 Å². The SMILES string of the molecule is C=CS(=O)(=O)c1ccc(C(=O)OCC)cc1. The summed E-state index contributed by atoms with van der Waals surface area (Å²) in [5.41, 5.74) is 0.324. The summed E-state index contributed by atoms with van der Waals surface area (Å²) in [6.07, 6.45) is 0. The predicted octanol–water partition coefficient (Wildman–Crippen LogP) is 1.78. The Labute approximate surface area is 94.5 Å². The summed E-state index contributed by atoms with van der Waals surface area (Å²) in [7, 11) is -3.44. The quantitative estimate of drug-likeness (QED) is 0.753. The van der Waals surface area contributed by atoms with E-state index < -0.39 is 15.8 Å². The lowest BCUT2D eigenvalue weighted by Gasteiger charge is -2.02. The van der Waals surface area contributed by atoms with Crippen LogP contribution in [0.4, 0.5) is 0 Å². The van der Waals surface area contributed by atoms with E-state index >= 15 is 0 Å². The van der Waals surface area contributed by atoms with Gasteiger partial charge in [-0.2, -0.15) is 0 Å². The van der Waals surface area contributed by atoms with Crippen molar-refractivity contribution in [2.24, 2.45) is 0 Å². The van der Waals surface area contributed by atoms with Gasteiger partial charge in [0.05, 0.1) is 17.1 Å². The van der Waals surface area contributed by atoms with Crippen LogP contribution in [-0.2, 0) is 14.6 Å². The van der Waals surface area contributed by atoms with Gasteiger partial charge in [-0.25, -0.2) is 13.2 Å². The molecule has 1 aromatic carbocycles. The number of carbonyl (C=O) groups is 1. The molecule has 0 aliphatic carbocycles. The highest BCUT2D eigenvalue weighted by Crippen LogP contribution is 2.13. The fourth-order valence-corrected chi connectivity index (χ4v) is 1.80. The molecule has 1 rings (SSSR count). The third kappa shape index (κ3) is 2.70. The average Bonchev–Trinajstić information content (AvgIpc) is 2.29. The summed E-state index contributed by atoms with van der Waals surface area (Å²) >= 11 is 0. The summed E-state index contributed by atoms with van der Waals surface area (Å²) in [5, 5.41) is 0.867. The van der Waals surface area contributed by atoms with Gasteiger partial charge in [0, 0.05) is 5.41 Å². The van der Waals surface area contributed by atoms with Gasteiger partial charge < -0.3 is 4.74 Å². The van der Waals surface area contributed by atoms with Crippen LogP contribution in [0.25, 0.3) is 0 Å². The molecule has 0 radical (unpaired) electrons. The predicted molar refractivity (Wildman–Crippen MR) is 59.8 cm³/mol. The van der Waals surface area contributed by atoms with E-state index in [1.54, 1.807) is 6.92 Å². The normalized spacial score (nSPS) is 10.8. The second kappa shape index (κ2) is 4.94. The zero-order valence-corrected chi connectivity index (χ0v) is 9.66.